The van der Waals surface area contributed by atoms with Crippen molar-refractivity contribution in [1.29, 1.82) is 0 Å². The van der Waals surface area contributed by atoms with Crippen molar-refractivity contribution in [1.82, 2.24) is 24.5 Å². The van der Waals surface area contributed by atoms with E-state index in [0.29, 0.717) is 45.6 Å². The highest BCUT2D eigenvalue weighted by molar-refractivity contribution is 6.08. The van der Waals surface area contributed by atoms with Gasteiger partial charge in [0.05, 0.1) is 6.54 Å². The Kier molecular flexibility index (Phi) is 7.02. The molecule has 0 unspecified atom stereocenters. The Labute approximate surface area is 190 Å². The summed E-state index contributed by atoms with van der Waals surface area (Å²) in [7, 11) is 1.69. The van der Waals surface area contributed by atoms with E-state index in [1.807, 2.05) is 4.90 Å². The molecule has 0 N–H and O–H groups in total. The number of piperazine rings is 1. The van der Waals surface area contributed by atoms with Gasteiger partial charge in [0.2, 0.25) is 11.8 Å². The molecule has 9 nitrogen and oxygen atoms in total. The Morgan fingerprint density at radius 3 is 1.88 bits per heavy atom. The van der Waals surface area contributed by atoms with Gasteiger partial charge in [-0.05, 0) is 25.7 Å². The maximum absolute atomic E-state index is 13.1. The third-order valence-corrected chi connectivity index (χ3v) is 7.82. The SMILES string of the molecule is CN1C(=O)N(CC(=O)N2CCN(CC(=O)N3CCCCCC3)CC2)C(=O)C12CCCCC2. The van der Waals surface area contributed by atoms with Crippen LogP contribution < -0.4 is 0 Å². The highest BCUT2D eigenvalue weighted by Gasteiger charge is 2.56. The molecule has 4 aliphatic rings. The van der Waals surface area contributed by atoms with Gasteiger partial charge in [-0.25, -0.2) is 4.79 Å². The van der Waals surface area contributed by atoms with Crippen molar-refractivity contribution in [3.8, 4) is 0 Å². The minimum Gasteiger partial charge on any atom is -0.342 e. The molecule has 1 spiro atoms. The van der Waals surface area contributed by atoms with Crippen LogP contribution in [0.4, 0.5) is 4.79 Å². The van der Waals surface area contributed by atoms with Crippen LogP contribution in [0.3, 0.4) is 0 Å². The second-order valence-corrected chi connectivity index (χ2v) is 9.78. The molecule has 5 amide bonds. The van der Waals surface area contributed by atoms with Crippen molar-refractivity contribution in [3.05, 3.63) is 0 Å². The van der Waals surface area contributed by atoms with Crippen molar-refractivity contribution in [2.24, 2.45) is 0 Å². The number of imide groups is 1. The van der Waals surface area contributed by atoms with E-state index in [1.165, 1.54) is 12.8 Å². The summed E-state index contributed by atoms with van der Waals surface area (Å²) in [6.07, 6.45) is 8.88. The van der Waals surface area contributed by atoms with Crippen LogP contribution in [-0.2, 0) is 14.4 Å². The van der Waals surface area contributed by atoms with E-state index in [-0.39, 0.29) is 30.3 Å². The molecule has 0 aromatic heterocycles. The van der Waals surface area contributed by atoms with E-state index in [4.69, 9.17) is 0 Å². The first-order chi connectivity index (χ1) is 15.4. The Hall–Kier alpha value is -2.16. The van der Waals surface area contributed by atoms with Gasteiger partial charge in [-0.3, -0.25) is 24.2 Å². The molecule has 0 aromatic rings. The van der Waals surface area contributed by atoms with Crippen LogP contribution in [0, 0.1) is 0 Å². The van der Waals surface area contributed by atoms with E-state index in [1.54, 1.807) is 16.8 Å². The van der Waals surface area contributed by atoms with Gasteiger partial charge < -0.3 is 14.7 Å². The van der Waals surface area contributed by atoms with E-state index in [9.17, 15) is 19.2 Å². The summed E-state index contributed by atoms with van der Waals surface area (Å²) in [4.78, 5) is 59.9. The lowest BCUT2D eigenvalue weighted by Crippen LogP contribution is -2.54. The summed E-state index contributed by atoms with van der Waals surface area (Å²) in [5.74, 6) is -0.216. The molecule has 4 fully saturated rings. The van der Waals surface area contributed by atoms with Gasteiger partial charge in [0.15, 0.2) is 0 Å². The van der Waals surface area contributed by atoms with Crippen molar-refractivity contribution in [3.63, 3.8) is 0 Å². The van der Waals surface area contributed by atoms with Crippen LogP contribution >= 0.6 is 0 Å². The van der Waals surface area contributed by atoms with Crippen molar-refractivity contribution in [2.75, 3.05) is 59.4 Å². The highest BCUT2D eigenvalue weighted by atomic mass is 16.2. The molecule has 0 radical (unpaired) electrons. The number of likely N-dealkylation sites (tertiary alicyclic amines) is 1. The summed E-state index contributed by atoms with van der Waals surface area (Å²) in [6.45, 7) is 4.23. The summed E-state index contributed by atoms with van der Waals surface area (Å²) in [5, 5.41) is 0. The molecule has 32 heavy (non-hydrogen) atoms. The van der Waals surface area contributed by atoms with Crippen LogP contribution in [0.1, 0.15) is 57.8 Å². The molecule has 3 heterocycles. The maximum atomic E-state index is 13.1. The normalized spacial score (nSPS) is 24.9. The van der Waals surface area contributed by atoms with E-state index >= 15 is 0 Å². The predicted octanol–water partition coefficient (Wildman–Crippen LogP) is 1.13. The average Bonchev–Trinajstić information content (AvgIpc) is 3.04. The molecular weight excluding hydrogens is 410 g/mol. The topological polar surface area (TPSA) is 84.5 Å². The molecule has 178 valence electrons. The van der Waals surface area contributed by atoms with Crippen LogP contribution in [0.2, 0.25) is 0 Å². The van der Waals surface area contributed by atoms with Gasteiger partial charge in [-0.15, -0.1) is 0 Å². The third-order valence-electron chi connectivity index (χ3n) is 7.82. The zero-order chi connectivity index (χ0) is 22.7. The fraction of sp³-hybridized carbons (Fsp3) is 0.826. The lowest BCUT2D eigenvalue weighted by atomic mass is 9.81. The molecule has 1 saturated carbocycles. The molecule has 0 atom stereocenters. The van der Waals surface area contributed by atoms with Crippen molar-refractivity contribution >= 4 is 23.8 Å². The van der Waals surface area contributed by atoms with Crippen LogP contribution in [0.5, 0.6) is 0 Å². The number of urea groups is 1. The van der Waals surface area contributed by atoms with Gasteiger partial charge in [0.1, 0.15) is 12.1 Å². The zero-order valence-corrected chi connectivity index (χ0v) is 19.4. The highest BCUT2D eigenvalue weighted by Crippen LogP contribution is 2.39. The van der Waals surface area contributed by atoms with Crippen LogP contribution in [0.25, 0.3) is 0 Å². The van der Waals surface area contributed by atoms with E-state index in [2.05, 4.69) is 4.90 Å². The minimum absolute atomic E-state index is 0.181. The quantitative estimate of drug-likeness (QED) is 0.603. The first-order valence-electron chi connectivity index (χ1n) is 12.3. The van der Waals surface area contributed by atoms with Gasteiger partial charge in [-0.2, -0.15) is 0 Å². The van der Waals surface area contributed by atoms with Crippen molar-refractivity contribution in [2.45, 2.75) is 63.3 Å². The predicted molar refractivity (Wildman–Crippen MR) is 119 cm³/mol. The van der Waals surface area contributed by atoms with Crippen LogP contribution in [0.15, 0.2) is 0 Å². The summed E-state index contributed by atoms with van der Waals surface area (Å²) < 4.78 is 0. The lowest BCUT2D eigenvalue weighted by Gasteiger charge is -2.36. The summed E-state index contributed by atoms with van der Waals surface area (Å²) >= 11 is 0. The van der Waals surface area contributed by atoms with Gasteiger partial charge in [0.25, 0.3) is 5.91 Å². The molecule has 1 aliphatic carbocycles. The molecule has 0 aromatic carbocycles. The standard InChI is InChI=1S/C23H37N5O4/c1-24-22(32)28(21(31)23(24)9-5-4-6-10-23)18-20(30)27-15-13-25(14-16-27)17-19(29)26-11-7-2-3-8-12-26/h2-18H2,1H3. The number of hydrogen-bond donors (Lipinski definition) is 0. The molecule has 3 aliphatic heterocycles. The minimum atomic E-state index is -0.748. The number of likely N-dealkylation sites (N-methyl/N-ethyl adjacent to an activating group) is 1. The zero-order valence-electron chi connectivity index (χ0n) is 19.4. The molecule has 4 rings (SSSR count). The fourth-order valence-electron chi connectivity index (χ4n) is 5.67. The Balaban J connectivity index is 1.27. The number of nitrogens with zero attached hydrogens (tertiary/aromatic N) is 5. The van der Waals surface area contributed by atoms with Gasteiger partial charge in [0, 0.05) is 46.3 Å². The first-order valence-corrected chi connectivity index (χ1v) is 12.3. The average molecular weight is 448 g/mol. The maximum Gasteiger partial charge on any atom is 0.327 e. The number of hydrogen-bond acceptors (Lipinski definition) is 5. The molecule has 3 saturated heterocycles. The largest absolute Gasteiger partial charge is 0.342 e. The smallest absolute Gasteiger partial charge is 0.327 e. The number of carbonyl (C=O) groups excluding carboxylic acids is 4. The van der Waals surface area contributed by atoms with E-state index in [0.717, 1.165) is 50.1 Å². The first kappa shape index (κ1) is 23.0. The lowest BCUT2D eigenvalue weighted by molar-refractivity contribution is -0.141. The number of carbonyl (C=O) groups is 4. The van der Waals surface area contributed by atoms with Gasteiger partial charge in [-0.1, -0.05) is 32.1 Å². The second-order valence-electron chi connectivity index (χ2n) is 9.78. The molecule has 0 bridgehead atoms. The molecule has 9 heteroatoms. The fourth-order valence-corrected chi connectivity index (χ4v) is 5.67. The number of rotatable bonds is 4. The van der Waals surface area contributed by atoms with E-state index < -0.39 is 5.54 Å². The number of amides is 5. The Morgan fingerprint density at radius 2 is 1.25 bits per heavy atom. The van der Waals surface area contributed by atoms with Crippen LogP contribution in [-0.4, -0.2) is 113 Å². The second kappa shape index (κ2) is 9.77. The third kappa shape index (κ3) is 4.49. The summed E-state index contributed by atoms with van der Waals surface area (Å²) in [5.41, 5.74) is -0.748. The monoisotopic (exact) mass is 447 g/mol. The van der Waals surface area contributed by atoms with Gasteiger partial charge >= 0.3 is 6.03 Å². The van der Waals surface area contributed by atoms with Crippen molar-refractivity contribution < 1.29 is 19.2 Å². The Bertz CT molecular complexity index is 735. The molecular formula is C23H37N5O4. The summed E-state index contributed by atoms with van der Waals surface area (Å²) in [6, 6.07) is -0.355. The Morgan fingerprint density at radius 1 is 0.719 bits per heavy atom.